The van der Waals surface area contributed by atoms with Gasteiger partial charge in [-0.1, -0.05) is 17.7 Å². The Balaban J connectivity index is 2.56. The molecule has 0 radical (unpaired) electrons. The van der Waals surface area contributed by atoms with Crippen molar-refractivity contribution in [3.05, 3.63) is 28.8 Å². The molecule has 0 atom stereocenters. The van der Waals surface area contributed by atoms with Gasteiger partial charge in [0.15, 0.2) is 0 Å². The fraction of sp³-hybridized carbons (Fsp3) is 0.533. The smallest absolute Gasteiger partial charge is 0.312 e. The van der Waals surface area contributed by atoms with Crippen LogP contribution in [0.2, 0.25) is 5.02 Å². The van der Waals surface area contributed by atoms with Gasteiger partial charge in [0.25, 0.3) is 0 Å². The van der Waals surface area contributed by atoms with Crippen LogP contribution < -0.4 is 10.1 Å². The highest BCUT2D eigenvalue weighted by atomic mass is 35.5. The van der Waals surface area contributed by atoms with Crippen LogP contribution in [0, 0.1) is 5.41 Å². The molecule has 0 bridgehead atoms. The number of nitrogens with one attached hydrogen (secondary N) is 1. The van der Waals surface area contributed by atoms with Gasteiger partial charge in [-0.05, 0) is 31.5 Å². The average Bonchev–Trinajstić information content (AvgIpc) is 2.42. The molecule has 0 aliphatic heterocycles. The molecule has 0 aliphatic carbocycles. The lowest BCUT2D eigenvalue weighted by Crippen LogP contribution is -2.30. The van der Waals surface area contributed by atoms with Gasteiger partial charge in [-0.15, -0.1) is 0 Å². The number of halogens is 1. The van der Waals surface area contributed by atoms with E-state index in [0.29, 0.717) is 23.9 Å². The number of hydrogen-bond acceptors (Lipinski definition) is 4. The molecule has 2 N–H and O–H groups in total. The van der Waals surface area contributed by atoms with Crippen LogP contribution in [0.1, 0.15) is 19.4 Å². The molecule has 0 unspecified atom stereocenters. The minimum absolute atomic E-state index is 0.0630. The zero-order valence-corrected chi connectivity index (χ0v) is 13.4. The zero-order chi connectivity index (χ0) is 15.9. The molecule has 0 spiro atoms. The van der Waals surface area contributed by atoms with Crippen molar-refractivity contribution < 1.29 is 19.4 Å². The van der Waals surface area contributed by atoms with Crippen molar-refractivity contribution in [1.29, 1.82) is 0 Å². The van der Waals surface area contributed by atoms with Gasteiger partial charge in [0.1, 0.15) is 12.4 Å². The second-order valence-corrected chi connectivity index (χ2v) is 5.82. The van der Waals surface area contributed by atoms with Crippen molar-refractivity contribution in [2.45, 2.75) is 20.4 Å². The van der Waals surface area contributed by atoms with E-state index in [2.05, 4.69) is 5.32 Å². The van der Waals surface area contributed by atoms with Crippen LogP contribution in [-0.2, 0) is 16.1 Å². The first-order valence-electron chi connectivity index (χ1n) is 6.71. The lowest BCUT2D eigenvalue weighted by Gasteiger charge is -2.20. The van der Waals surface area contributed by atoms with Crippen molar-refractivity contribution in [2.75, 3.05) is 26.9 Å². The fourth-order valence-corrected chi connectivity index (χ4v) is 1.76. The van der Waals surface area contributed by atoms with E-state index in [4.69, 9.17) is 26.2 Å². The molecule has 5 nitrogen and oxygen atoms in total. The average molecular weight is 316 g/mol. The second kappa shape index (κ2) is 8.22. The summed E-state index contributed by atoms with van der Waals surface area (Å²) in [5, 5.41) is 12.7. The van der Waals surface area contributed by atoms with Crippen LogP contribution in [0.3, 0.4) is 0 Å². The molecule has 1 aromatic carbocycles. The van der Waals surface area contributed by atoms with Crippen molar-refractivity contribution in [3.63, 3.8) is 0 Å². The molecule has 1 aromatic rings. The van der Waals surface area contributed by atoms with E-state index >= 15 is 0 Å². The van der Waals surface area contributed by atoms with Crippen LogP contribution in [0.5, 0.6) is 5.75 Å². The van der Waals surface area contributed by atoms with Gasteiger partial charge in [-0.3, -0.25) is 4.79 Å². The van der Waals surface area contributed by atoms with Crippen LogP contribution in [-0.4, -0.2) is 37.9 Å². The summed E-state index contributed by atoms with van der Waals surface area (Å²) in [6, 6.07) is 5.47. The Hall–Kier alpha value is -1.30. The molecule has 21 heavy (non-hydrogen) atoms. The number of ether oxygens (including phenoxy) is 2. The number of methoxy groups -OCH3 is 1. The zero-order valence-electron chi connectivity index (χ0n) is 12.6. The Morgan fingerprint density at radius 2 is 2.14 bits per heavy atom. The molecule has 0 heterocycles. The van der Waals surface area contributed by atoms with E-state index in [1.807, 2.05) is 12.1 Å². The summed E-state index contributed by atoms with van der Waals surface area (Å²) in [6.07, 6.45) is 0. The van der Waals surface area contributed by atoms with Gasteiger partial charge >= 0.3 is 5.97 Å². The van der Waals surface area contributed by atoms with Crippen molar-refractivity contribution in [1.82, 2.24) is 5.32 Å². The summed E-state index contributed by atoms with van der Waals surface area (Å²) in [5.74, 6) is -0.413. The predicted molar refractivity (Wildman–Crippen MR) is 81.9 cm³/mol. The van der Waals surface area contributed by atoms with Crippen LogP contribution >= 0.6 is 11.6 Å². The van der Waals surface area contributed by atoms with E-state index in [1.54, 1.807) is 27.0 Å². The summed E-state index contributed by atoms with van der Waals surface area (Å²) < 4.78 is 10.5. The molecule has 0 saturated heterocycles. The van der Waals surface area contributed by atoms with E-state index in [0.717, 1.165) is 12.1 Å². The highest BCUT2D eigenvalue weighted by molar-refractivity contribution is 6.32. The lowest BCUT2D eigenvalue weighted by molar-refractivity contribution is -0.148. The van der Waals surface area contributed by atoms with Gasteiger partial charge in [-0.25, -0.2) is 0 Å². The molecule has 0 fully saturated rings. The molecule has 0 saturated carbocycles. The maximum Gasteiger partial charge on any atom is 0.312 e. The third kappa shape index (κ3) is 5.91. The number of hydrogen-bond donors (Lipinski definition) is 2. The standard InChI is InChI=1S/C15H22ClNO4/c1-15(2,14(18)19)10-21-13-5-4-11(8-12(13)16)9-17-6-7-20-3/h4-5,8,17H,6-7,9-10H2,1-3H3,(H,18,19). The monoisotopic (exact) mass is 315 g/mol. The van der Waals surface area contributed by atoms with E-state index in [9.17, 15) is 4.79 Å². The molecule has 1 rings (SSSR count). The number of carboxylic acid groups (broad SMARTS) is 1. The summed E-state index contributed by atoms with van der Waals surface area (Å²) >= 11 is 6.15. The number of aliphatic carboxylic acids is 1. The topological polar surface area (TPSA) is 67.8 Å². The Kier molecular flexibility index (Phi) is 6.95. The molecule has 118 valence electrons. The Bertz CT molecular complexity index is 477. The quantitative estimate of drug-likeness (QED) is 0.686. The van der Waals surface area contributed by atoms with E-state index in [1.165, 1.54) is 0 Å². The molecule has 0 amide bonds. The summed E-state index contributed by atoms with van der Waals surface area (Å²) in [4.78, 5) is 11.0. The minimum atomic E-state index is -0.955. The van der Waals surface area contributed by atoms with Gasteiger partial charge in [0.2, 0.25) is 0 Å². The third-order valence-electron chi connectivity index (χ3n) is 2.98. The van der Waals surface area contributed by atoms with Crippen LogP contribution in [0.4, 0.5) is 0 Å². The third-order valence-corrected chi connectivity index (χ3v) is 3.27. The largest absolute Gasteiger partial charge is 0.491 e. The summed E-state index contributed by atoms with van der Waals surface area (Å²) in [5.41, 5.74) is 0.0740. The first-order valence-corrected chi connectivity index (χ1v) is 7.09. The SMILES string of the molecule is COCCNCc1ccc(OCC(C)(C)C(=O)O)c(Cl)c1. The number of carboxylic acids is 1. The first kappa shape index (κ1) is 17.8. The molecular formula is C15H22ClNO4. The molecule has 0 aliphatic rings. The maximum atomic E-state index is 11.0. The fourth-order valence-electron chi connectivity index (χ4n) is 1.50. The lowest BCUT2D eigenvalue weighted by atomic mass is 9.95. The van der Waals surface area contributed by atoms with E-state index in [-0.39, 0.29) is 6.61 Å². The molecule has 0 aromatic heterocycles. The van der Waals surface area contributed by atoms with Gasteiger partial charge in [0.05, 0.1) is 17.0 Å². The Morgan fingerprint density at radius 3 is 2.71 bits per heavy atom. The summed E-state index contributed by atoms with van der Waals surface area (Å²) in [7, 11) is 1.66. The highest BCUT2D eigenvalue weighted by Gasteiger charge is 2.28. The van der Waals surface area contributed by atoms with Crippen molar-refractivity contribution >= 4 is 17.6 Å². The van der Waals surface area contributed by atoms with Gasteiger partial charge in [-0.2, -0.15) is 0 Å². The molecular weight excluding hydrogens is 294 g/mol. The van der Waals surface area contributed by atoms with E-state index < -0.39 is 11.4 Å². The van der Waals surface area contributed by atoms with Crippen LogP contribution in [0.25, 0.3) is 0 Å². The Morgan fingerprint density at radius 1 is 1.43 bits per heavy atom. The van der Waals surface area contributed by atoms with Crippen molar-refractivity contribution in [2.24, 2.45) is 5.41 Å². The van der Waals surface area contributed by atoms with Crippen molar-refractivity contribution in [3.8, 4) is 5.75 Å². The van der Waals surface area contributed by atoms with Gasteiger partial charge < -0.3 is 19.9 Å². The van der Waals surface area contributed by atoms with Crippen LogP contribution in [0.15, 0.2) is 18.2 Å². The summed E-state index contributed by atoms with van der Waals surface area (Å²) in [6.45, 7) is 5.38. The molecule has 6 heteroatoms. The predicted octanol–water partition coefficient (Wildman–Crippen LogP) is 2.57. The normalized spacial score (nSPS) is 11.4. The highest BCUT2D eigenvalue weighted by Crippen LogP contribution is 2.27. The number of benzene rings is 1. The minimum Gasteiger partial charge on any atom is -0.491 e. The maximum absolute atomic E-state index is 11.0. The first-order chi connectivity index (χ1) is 9.86. The number of carbonyl (C=O) groups is 1. The van der Waals surface area contributed by atoms with Gasteiger partial charge in [0, 0.05) is 20.2 Å². The second-order valence-electron chi connectivity index (χ2n) is 5.41. The number of rotatable bonds is 9. The Labute approximate surface area is 130 Å².